The maximum atomic E-state index is 13.3. The molecule has 3 amide bonds. The number of likely N-dealkylation sites (N-methyl/N-ethyl adjacent to an activating group) is 1. The smallest absolute Gasteiger partial charge is 0.327 e. The Labute approximate surface area is 177 Å². The molecule has 9 nitrogen and oxygen atoms in total. The van der Waals surface area contributed by atoms with Crippen LogP contribution < -0.4 is 15.0 Å². The molecule has 0 radical (unpaired) electrons. The van der Waals surface area contributed by atoms with Crippen LogP contribution in [0.25, 0.3) is 0 Å². The number of rotatable bonds is 6. The molecule has 3 heterocycles. The fraction of sp³-hybridized carbons (Fsp3) is 0.619. The molecule has 3 saturated heterocycles. The zero-order chi connectivity index (χ0) is 21.4. The van der Waals surface area contributed by atoms with Crippen molar-refractivity contribution in [1.82, 2.24) is 20.0 Å². The molecule has 3 aliphatic heterocycles. The first-order chi connectivity index (χ1) is 14.5. The summed E-state index contributed by atoms with van der Waals surface area (Å²) >= 11 is 0. The number of methoxy groups -OCH3 is 1. The van der Waals surface area contributed by atoms with Crippen molar-refractivity contribution in [1.29, 1.82) is 0 Å². The molecule has 4 unspecified atom stereocenters. The normalized spacial score (nSPS) is 29.3. The van der Waals surface area contributed by atoms with Gasteiger partial charge in [-0.25, -0.2) is 4.79 Å². The fourth-order valence-electron chi connectivity index (χ4n) is 4.71. The molecule has 1 aromatic rings. The predicted octanol–water partition coefficient (Wildman–Crippen LogP) is 0.965. The van der Waals surface area contributed by atoms with Gasteiger partial charge in [0.2, 0.25) is 0 Å². The monoisotopic (exact) mass is 417 g/mol. The second-order valence-corrected chi connectivity index (χ2v) is 8.19. The van der Waals surface area contributed by atoms with Gasteiger partial charge in [-0.05, 0) is 37.1 Å². The Balaban J connectivity index is 1.61. The number of carbonyl (C=O) groups excluding carboxylic acids is 2. The summed E-state index contributed by atoms with van der Waals surface area (Å²) in [4.78, 5) is 33.5. The van der Waals surface area contributed by atoms with Gasteiger partial charge in [-0.2, -0.15) is 0 Å². The van der Waals surface area contributed by atoms with Crippen LogP contribution in [0.4, 0.5) is 10.5 Å². The lowest BCUT2D eigenvalue weighted by atomic mass is 10.0. The van der Waals surface area contributed by atoms with Gasteiger partial charge in [0.25, 0.3) is 5.91 Å². The highest BCUT2D eigenvalue weighted by molar-refractivity contribution is 6.00. The lowest BCUT2D eigenvalue weighted by molar-refractivity contribution is -0.139. The fourth-order valence-corrected chi connectivity index (χ4v) is 4.71. The summed E-state index contributed by atoms with van der Waals surface area (Å²) in [6.07, 6.45) is -0.514. The number of ether oxygens (including phenoxy) is 2. The summed E-state index contributed by atoms with van der Waals surface area (Å²) in [7, 11) is 3.32. The number of fused-ring (bicyclic) bond motifs is 3. The van der Waals surface area contributed by atoms with Gasteiger partial charge in [0.05, 0.1) is 19.8 Å². The maximum absolute atomic E-state index is 13.3. The number of benzene rings is 1. The predicted molar refractivity (Wildman–Crippen MR) is 112 cm³/mol. The van der Waals surface area contributed by atoms with E-state index >= 15 is 0 Å². The van der Waals surface area contributed by atoms with Crippen molar-refractivity contribution in [2.45, 2.75) is 32.3 Å². The van der Waals surface area contributed by atoms with Crippen LogP contribution in [0.1, 0.15) is 13.8 Å². The van der Waals surface area contributed by atoms with Crippen molar-refractivity contribution in [3.63, 3.8) is 0 Å². The molecule has 9 heteroatoms. The molecule has 0 spiro atoms. The molecule has 164 valence electrons. The topological polar surface area (TPSA) is 77.6 Å². The van der Waals surface area contributed by atoms with Gasteiger partial charge in [-0.1, -0.05) is 6.92 Å². The molecule has 4 atom stereocenters. The average molecular weight is 418 g/mol. The Morgan fingerprint density at radius 1 is 1.17 bits per heavy atom. The van der Waals surface area contributed by atoms with Gasteiger partial charge in [0, 0.05) is 32.9 Å². The van der Waals surface area contributed by atoms with E-state index < -0.39 is 6.04 Å². The van der Waals surface area contributed by atoms with E-state index in [2.05, 4.69) is 22.0 Å². The number of urea groups is 1. The third kappa shape index (κ3) is 3.51. The van der Waals surface area contributed by atoms with Crippen LogP contribution in [0, 0.1) is 5.92 Å². The number of hydrogen-bond donors (Lipinski definition) is 1. The van der Waals surface area contributed by atoms with Crippen LogP contribution in [-0.4, -0.2) is 92.1 Å². The molecule has 0 aromatic heterocycles. The Hall–Kier alpha value is -2.36. The van der Waals surface area contributed by atoms with Crippen molar-refractivity contribution in [3.05, 3.63) is 24.3 Å². The molecule has 3 fully saturated rings. The minimum atomic E-state index is -0.414. The molecule has 1 aromatic carbocycles. The average Bonchev–Trinajstić information content (AvgIpc) is 3.12. The van der Waals surface area contributed by atoms with E-state index in [1.807, 2.05) is 31.2 Å². The zero-order valence-corrected chi connectivity index (χ0v) is 18.1. The Morgan fingerprint density at radius 2 is 1.90 bits per heavy atom. The van der Waals surface area contributed by atoms with Crippen molar-refractivity contribution in [2.24, 2.45) is 5.92 Å². The number of anilines is 1. The summed E-state index contributed by atoms with van der Waals surface area (Å²) in [5.74, 6) is 1.05. The van der Waals surface area contributed by atoms with E-state index in [1.54, 1.807) is 19.1 Å². The van der Waals surface area contributed by atoms with Crippen molar-refractivity contribution >= 4 is 17.6 Å². The maximum Gasteiger partial charge on any atom is 0.327 e. The SMILES string of the molecule is CCOc1ccc(N2CC(C)CN3C4C(=O)N(CCOC)C(=O)N(C)C4NC23)cc1. The molecule has 4 rings (SSSR count). The second kappa shape index (κ2) is 8.41. The highest BCUT2D eigenvalue weighted by Gasteiger charge is 2.56. The molecular weight excluding hydrogens is 386 g/mol. The van der Waals surface area contributed by atoms with E-state index in [1.165, 1.54) is 4.90 Å². The molecule has 0 bridgehead atoms. The summed E-state index contributed by atoms with van der Waals surface area (Å²) < 4.78 is 10.7. The molecular formula is C21H31N5O4. The number of hydrogen-bond acceptors (Lipinski definition) is 7. The number of nitrogens with one attached hydrogen (secondary N) is 1. The summed E-state index contributed by atoms with van der Waals surface area (Å²) in [5, 5.41) is 3.54. The molecule has 30 heavy (non-hydrogen) atoms. The third-order valence-electron chi connectivity index (χ3n) is 6.08. The van der Waals surface area contributed by atoms with Gasteiger partial charge in [0.1, 0.15) is 24.2 Å². The van der Waals surface area contributed by atoms with Crippen molar-refractivity contribution in [2.75, 3.05) is 51.9 Å². The van der Waals surface area contributed by atoms with Crippen LogP contribution >= 0.6 is 0 Å². The van der Waals surface area contributed by atoms with E-state index in [9.17, 15) is 9.59 Å². The number of carbonyl (C=O) groups is 2. The Kier molecular flexibility index (Phi) is 5.86. The molecule has 3 aliphatic rings. The van der Waals surface area contributed by atoms with Crippen LogP contribution in [0.2, 0.25) is 0 Å². The minimum absolute atomic E-state index is 0.157. The van der Waals surface area contributed by atoms with Crippen LogP contribution in [0.5, 0.6) is 5.75 Å². The Bertz CT molecular complexity index is 788. The third-order valence-corrected chi connectivity index (χ3v) is 6.08. The first-order valence-corrected chi connectivity index (χ1v) is 10.5. The largest absolute Gasteiger partial charge is 0.494 e. The van der Waals surface area contributed by atoms with Crippen molar-refractivity contribution < 1.29 is 19.1 Å². The van der Waals surface area contributed by atoms with E-state index in [4.69, 9.17) is 9.47 Å². The summed E-state index contributed by atoms with van der Waals surface area (Å²) in [6.45, 7) is 7.03. The molecule has 0 saturated carbocycles. The second-order valence-electron chi connectivity index (χ2n) is 8.19. The van der Waals surface area contributed by atoms with E-state index in [0.717, 1.165) is 24.5 Å². The number of nitrogens with zero attached hydrogens (tertiary/aromatic N) is 4. The van der Waals surface area contributed by atoms with Gasteiger partial charge >= 0.3 is 6.03 Å². The van der Waals surface area contributed by atoms with Gasteiger partial charge in [-0.3, -0.25) is 19.9 Å². The summed E-state index contributed by atoms with van der Waals surface area (Å²) in [5.41, 5.74) is 1.06. The Morgan fingerprint density at radius 3 is 2.57 bits per heavy atom. The first kappa shape index (κ1) is 20.9. The van der Waals surface area contributed by atoms with Gasteiger partial charge < -0.3 is 19.3 Å². The quantitative estimate of drug-likeness (QED) is 0.739. The number of amides is 3. The molecule has 0 aliphatic carbocycles. The lowest BCUT2D eigenvalue weighted by Crippen LogP contribution is -2.67. The number of imide groups is 1. The van der Waals surface area contributed by atoms with Crippen LogP contribution in [0.3, 0.4) is 0 Å². The van der Waals surface area contributed by atoms with Gasteiger partial charge in [-0.15, -0.1) is 0 Å². The highest BCUT2D eigenvalue weighted by atomic mass is 16.5. The zero-order valence-electron chi connectivity index (χ0n) is 18.1. The van der Waals surface area contributed by atoms with E-state index in [0.29, 0.717) is 19.1 Å². The molecule has 1 N–H and O–H groups in total. The standard InChI is InChI=1S/C21H31N5O4/c1-5-30-16-8-6-15(7-9-16)25-12-14(2)13-26-17-18(22-20(25)26)23(3)21(28)24(19(17)27)10-11-29-4/h6-9,14,17-18,20,22H,5,10-13H2,1-4H3. The van der Waals surface area contributed by atoms with Crippen LogP contribution in [0.15, 0.2) is 24.3 Å². The summed E-state index contributed by atoms with van der Waals surface area (Å²) in [6, 6.07) is 7.34. The van der Waals surface area contributed by atoms with Gasteiger partial charge in [0.15, 0.2) is 0 Å². The lowest BCUT2D eigenvalue weighted by Gasteiger charge is -2.46. The van der Waals surface area contributed by atoms with E-state index in [-0.39, 0.29) is 30.9 Å². The van der Waals surface area contributed by atoms with Crippen molar-refractivity contribution in [3.8, 4) is 5.75 Å². The highest BCUT2D eigenvalue weighted by Crippen LogP contribution is 2.34. The minimum Gasteiger partial charge on any atom is -0.494 e. The first-order valence-electron chi connectivity index (χ1n) is 10.5. The van der Waals surface area contributed by atoms with Crippen LogP contribution in [-0.2, 0) is 9.53 Å².